The first-order valence-corrected chi connectivity index (χ1v) is 9.53. The Hall–Kier alpha value is -3.89. The van der Waals surface area contributed by atoms with Crippen molar-refractivity contribution in [2.24, 2.45) is 5.73 Å². The van der Waals surface area contributed by atoms with Crippen molar-refractivity contribution in [2.75, 3.05) is 11.9 Å². The lowest BCUT2D eigenvalue weighted by atomic mass is 10.1. The molecule has 11 heteroatoms. The van der Waals surface area contributed by atoms with Gasteiger partial charge in [0.05, 0.1) is 6.61 Å². The highest BCUT2D eigenvalue weighted by atomic mass is 19.2. The highest BCUT2D eigenvalue weighted by molar-refractivity contribution is 5.88. The molecule has 0 radical (unpaired) electrons. The molecule has 2 amide bonds. The SMILES string of the molecule is CCCOc1cc(C)cc(F)c1NC=O.NC(=O)c1n[nH]c(Cc2cccc(F)c2F)n1. The van der Waals surface area contributed by atoms with Gasteiger partial charge in [0.15, 0.2) is 17.5 Å². The molecule has 170 valence electrons. The van der Waals surface area contributed by atoms with Gasteiger partial charge < -0.3 is 15.8 Å². The van der Waals surface area contributed by atoms with Gasteiger partial charge in [-0.1, -0.05) is 19.1 Å². The predicted molar refractivity (Wildman–Crippen MR) is 111 cm³/mol. The summed E-state index contributed by atoms with van der Waals surface area (Å²) in [6.07, 6.45) is 1.27. The first-order chi connectivity index (χ1) is 15.3. The minimum absolute atomic E-state index is 0.00384. The molecule has 8 nitrogen and oxygen atoms in total. The van der Waals surface area contributed by atoms with Crippen LogP contribution in [0.2, 0.25) is 0 Å². The van der Waals surface area contributed by atoms with Crippen molar-refractivity contribution in [1.82, 2.24) is 15.2 Å². The third kappa shape index (κ3) is 6.56. The molecular formula is C21H22F3N5O3. The number of halogens is 3. The Bertz CT molecular complexity index is 1090. The van der Waals surface area contributed by atoms with E-state index in [-0.39, 0.29) is 29.3 Å². The zero-order chi connectivity index (χ0) is 23.7. The molecule has 2 aromatic carbocycles. The number of nitrogens with one attached hydrogen (secondary N) is 2. The number of aromatic nitrogens is 3. The summed E-state index contributed by atoms with van der Waals surface area (Å²) in [5.74, 6) is -2.70. The van der Waals surface area contributed by atoms with Crippen LogP contribution in [0, 0.1) is 24.4 Å². The summed E-state index contributed by atoms with van der Waals surface area (Å²) >= 11 is 0. The molecule has 0 aliphatic rings. The monoisotopic (exact) mass is 449 g/mol. The van der Waals surface area contributed by atoms with Crippen LogP contribution in [0.15, 0.2) is 30.3 Å². The fraction of sp³-hybridized carbons (Fsp3) is 0.238. The number of carbonyl (C=O) groups excluding carboxylic acids is 2. The molecule has 3 rings (SSSR count). The van der Waals surface area contributed by atoms with Gasteiger partial charge in [0.1, 0.15) is 17.3 Å². The number of H-pyrrole nitrogens is 1. The Labute approximate surface area is 182 Å². The van der Waals surface area contributed by atoms with Gasteiger partial charge in [-0.2, -0.15) is 0 Å². The Morgan fingerprint density at radius 3 is 2.62 bits per heavy atom. The third-order valence-corrected chi connectivity index (χ3v) is 4.00. The molecule has 0 spiro atoms. The summed E-state index contributed by atoms with van der Waals surface area (Å²) < 4.78 is 45.0. The van der Waals surface area contributed by atoms with E-state index in [2.05, 4.69) is 20.5 Å². The number of amides is 2. The first kappa shape index (κ1) is 24.4. The van der Waals surface area contributed by atoms with Gasteiger partial charge in [0, 0.05) is 6.42 Å². The second-order valence-electron chi connectivity index (χ2n) is 6.59. The van der Waals surface area contributed by atoms with E-state index in [1.807, 2.05) is 6.92 Å². The van der Waals surface area contributed by atoms with E-state index in [1.54, 1.807) is 13.0 Å². The van der Waals surface area contributed by atoms with Crippen LogP contribution in [-0.2, 0) is 11.2 Å². The van der Waals surface area contributed by atoms with Crippen LogP contribution < -0.4 is 15.8 Å². The number of aryl methyl sites for hydroxylation is 1. The van der Waals surface area contributed by atoms with Crippen molar-refractivity contribution in [3.05, 3.63) is 70.6 Å². The predicted octanol–water partition coefficient (Wildman–Crippen LogP) is 3.26. The van der Waals surface area contributed by atoms with Crippen molar-refractivity contribution < 1.29 is 27.5 Å². The molecular weight excluding hydrogens is 427 g/mol. The van der Waals surface area contributed by atoms with Crippen LogP contribution >= 0.6 is 0 Å². The standard InChI is InChI=1S/C11H14FNO2.C10H8F2N4O/c1-3-4-15-10-6-8(2)5-9(12)11(10)13-7-14;11-6-3-1-2-5(8(6)12)4-7-14-10(9(13)17)16-15-7/h5-7H,3-4H2,1-2H3,(H,13,14);1-3H,4H2,(H2,13,17)(H,14,15,16). The molecule has 0 bridgehead atoms. The lowest BCUT2D eigenvalue weighted by molar-refractivity contribution is -0.105. The number of aromatic amines is 1. The zero-order valence-electron chi connectivity index (χ0n) is 17.4. The topological polar surface area (TPSA) is 123 Å². The van der Waals surface area contributed by atoms with Crippen LogP contribution in [0.1, 0.15) is 40.9 Å². The summed E-state index contributed by atoms with van der Waals surface area (Å²) in [5, 5.41) is 8.27. The first-order valence-electron chi connectivity index (χ1n) is 9.53. The normalized spacial score (nSPS) is 10.2. The molecule has 3 aromatic rings. The number of benzene rings is 2. The molecule has 1 heterocycles. The van der Waals surface area contributed by atoms with Crippen molar-refractivity contribution in [1.29, 1.82) is 0 Å². The molecule has 0 fully saturated rings. The number of nitrogens with zero attached hydrogens (tertiary/aromatic N) is 2. The minimum Gasteiger partial charge on any atom is -0.491 e. The Morgan fingerprint density at radius 1 is 1.25 bits per heavy atom. The van der Waals surface area contributed by atoms with Gasteiger partial charge in [-0.05, 0) is 42.7 Å². The van der Waals surface area contributed by atoms with Crippen LogP contribution in [0.4, 0.5) is 18.9 Å². The van der Waals surface area contributed by atoms with E-state index in [0.717, 1.165) is 18.1 Å². The number of ether oxygens (including phenoxy) is 1. The highest BCUT2D eigenvalue weighted by Gasteiger charge is 2.13. The van der Waals surface area contributed by atoms with Gasteiger partial charge >= 0.3 is 0 Å². The number of rotatable bonds is 8. The third-order valence-electron chi connectivity index (χ3n) is 4.00. The number of hydrogen-bond acceptors (Lipinski definition) is 5. The fourth-order valence-corrected chi connectivity index (χ4v) is 2.59. The van der Waals surface area contributed by atoms with Crippen molar-refractivity contribution in [3.8, 4) is 5.75 Å². The largest absolute Gasteiger partial charge is 0.491 e. The molecule has 32 heavy (non-hydrogen) atoms. The smallest absolute Gasteiger partial charge is 0.288 e. The van der Waals surface area contributed by atoms with Gasteiger partial charge in [0.25, 0.3) is 5.91 Å². The van der Waals surface area contributed by atoms with Crippen LogP contribution in [0.5, 0.6) is 5.75 Å². The number of nitrogens with two attached hydrogens (primary N) is 1. The van der Waals surface area contributed by atoms with Gasteiger partial charge in [-0.25, -0.2) is 18.2 Å². The van der Waals surface area contributed by atoms with Crippen LogP contribution in [0.25, 0.3) is 0 Å². The lowest BCUT2D eigenvalue weighted by Crippen LogP contribution is -2.12. The van der Waals surface area contributed by atoms with E-state index in [0.29, 0.717) is 18.8 Å². The lowest BCUT2D eigenvalue weighted by Gasteiger charge is -2.11. The maximum atomic E-state index is 13.4. The second kappa shape index (κ2) is 11.5. The van der Waals surface area contributed by atoms with E-state index >= 15 is 0 Å². The Kier molecular flexibility index (Phi) is 8.75. The zero-order valence-corrected chi connectivity index (χ0v) is 17.4. The number of carbonyl (C=O) groups is 2. The van der Waals surface area contributed by atoms with E-state index < -0.39 is 23.4 Å². The molecule has 4 N–H and O–H groups in total. The number of anilines is 1. The van der Waals surface area contributed by atoms with Crippen LogP contribution in [0.3, 0.4) is 0 Å². The average molecular weight is 449 g/mol. The minimum atomic E-state index is -0.940. The van der Waals surface area contributed by atoms with Crippen molar-refractivity contribution >= 4 is 18.0 Å². The highest BCUT2D eigenvalue weighted by Crippen LogP contribution is 2.29. The maximum absolute atomic E-state index is 13.4. The summed E-state index contributed by atoms with van der Waals surface area (Å²) in [5.41, 5.74) is 5.94. The second-order valence-corrected chi connectivity index (χ2v) is 6.59. The molecule has 0 unspecified atom stereocenters. The van der Waals surface area contributed by atoms with Gasteiger partial charge in [-0.15, -0.1) is 5.10 Å². The summed E-state index contributed by atoms with van der Waals surface area (Å²) in [4.78, 5) is 24.8. The summed E-state index contributed by atoms with van der Waals surface area (Å²) in [7, 11) is 0. The quantitative estimate of drug-likeness (QED) is 0.456. The number of hydrogen-bond donors (Lipinski definition) is 3. The molecule has 1 aromatic heterocycles. The van der Waals surface area contributed by atoms with E-state index in [9.17, 15) is 22.8 Å². The van der Waals surface area contributed by atoms with Crippen molar-refractivity contribution in [3.63, 3.8) is 0 Å². The van der Waals surface area contributed by atoms with Crippen LogP contribution in [-0.4, -0.2) is 34.1 Å². The molecule has 0 saturated carbocycles. The van der Waals surface area contributed by atoms with E-state index in [4.69, 9.17) is 10.5 Å². The Balaban J connectivity index is 0.000000229. The summed E-state index contributed by atoms with van der Waals surface area (Å²) in [6, 6.07) is 6.88. The average Bonchev–Trinajstić information content (AvgIpc) is 3.21. The van der Waals surface area contributed by atoms with Crippen molar-refractivity contribution in [2.45, 2.75) is 26.7 Å². The van der Waals surface area contributed by atoms with E-state index in [1.165, 1.54) is 18.2 Å². The summed E-state index contributed by atoms with van der Waals surface area (Å²) in [6.45, 7) is 4.22. The molecule has 0 aliphatic carbocycles. The van der Waals surface area contributed by atoms with Gasteiger partial charge in [0.2, 0.25) is 12.2 Å². The van der Waals surface area contributed by atoms with Gasteiger partial charge in [-0.3, -0.25) is 14.7 Å². The molecule has 0 aliphatic heterocycles. The number of primary amides is 1. The molecule has 0 saturated heterocycles. The maximum Gasteiger partial charge on any atom is 0.288 e. The Morgan fingerprint density at radius 2 is 2.00 bits per heavy atom. The fourth-order valence-electron chi connectivity index (χ4n) is 2.59. The molecule has 0 atom stereocenters.